The molecule has 2 N–H and O–H groups in total. The van der Waals surface area contributed by atoms with Gasteiger partial charge in [-0.3, -0.25) is 0 Å². The van der Waals surface area contributed by atoms with Gasteiger partial charge in [0.1, 0.15) is 5.75 Å². The Morgan fingerprint density at radius 1 is 1.05 bits per heavy atom. The smallest absolute Gasteiger partial charge is 0.118 e. The van der Waals surface area contributed by atoms with Crippen molar-refractivity contribution in [3.8, 4) is 5.75 Å². The number of nitrogens with two attached hydrogens (primary N) is 1. The molecule has 4 heteroatoms. The minimum Gasteiger partial charge on any atom is -0.497 e. The van der Waals surface area contributed by atoms with Crippen molar-refractivity contribution in [2.75, 3.05) is 7.11 Å². The van der Waals surface area contributed by atoms with E-state index in [2.05, 4.69) is 12.1 Å². The van der Waals surface area contributed by atoms with Crippen LogP contribution in [-0.2, 0) is 6.42 Å². The molecule has 0 saturated heterocycles. The molecule has 0 aromatic heterocycles. The van der Waals surface area contributed by atoms with Crippen LogP contribution in [0.1, 0.15) is 23.6 Å². The van der Waals surface area contributed by atoms with E-state index in [0.717, 1.165) is 24.2 Å². The Morgan fingerprint density at radius 2 is 1.65 bits per heavy atom. The molecule has 0 aliphatic heterocycles. The van der Waals surface area contributed by atoms with Crippen molar-refractivity contribution in [1.82, 2.24) is 0 Å². The molecule has 20 heavy (non-hydrogen) atoms. The first-order valence-corrected chi connectivity index (χ1v) is 7.18. The minimum absolute atomic E-state index is 0.0756. The molecule has 0 aliphatic rings. The largest absolute Gasteiger partial charge is 0.497 e. The zero-order valence-corrected chi connectivity index (χ0v) is 12.8. The summed E-state index contributed by atoms with van der Waals surface area (Å²) in [6.45, 7) is 0. The number of hydrogen-bond donors (Lipinski definition) is 1. The molecule has 1 unspecified atom stereocenters. The lowest BCUT2D eigenvalue weighted by atomic mass is 10.00. The van der Waals surface area contributed by atoms with Crippen molar-refractivity contribution >= 4 is 23.2 Å². The molecular formula is C16H17Cl2NO. The van der Waals surface area contributed by atoms with Gasteiger partial charge in [0.05, 0.1) is 7.11 Å². The summed E-state index contributed by atoms with van der Waals surface area (Å²) in [5.41, 5.74) is 8.39. The van der Waals surface area contributed by atoms with E-state index in [1.807, 2.05) is 24.3 Å². The number of benzene rings is 2. The van der Waals surface area contributed by atoms with Gasteiger partial charge in [0.15, 0.2) is 0 Å². The second kappa shape index (κ2) is 6.98. The number of methoxy groups -OCH3 is 1. The second-order valence-corrected chi connectivity index (χ2v) is 5.57. The zero-order valence-electron chi connectivity index (χ0n) is 11.3. The second-order valence-electron chi connectivity index (χ2n) is 4.70. The highest BCUT2D eigenvalue weighted by Crippen LogP contribution is 2.25. The summed E-state index contributed by atoms with van der Waals surface area (Å²) in [6, 6.07) is 13.4. The molecule has 106 valence electrons. The third-order valence-electron chi connectivity index (χ3n) is 3.22. The van der Waals surface area contributed by atoms with Crippen molar-refractivity contribution in [2.45, 2.75) is 18.9 Å². The van der Waals surface area contributed by atoms with Crippen LogP contribution < -0.4 is 10.5 Å². The normalized spacial score (nSPS) is 12.2. The van der Waals surface area contributed by atoms with Crippen molar-refractivity contribution in [2.24, 2.45) is 5.73 Å². The van der Waals surface area contributed by atoms with Gasteiger partial charge in [0, 0.05) is 16.1 Å². The molecule has 2 aromatic carbocycles. The van der Waals surface area contributed by atoms with Gasteiger partial charge in [-0.05, 0) is 54.3 Å². The molecule has 0 spiro atoms. The van der Waals surface area contributed by atoms with E-state index in [0.29, 0.717) is 10.0 Å². The first-order chi connectivity index (χ1) is 9.58. The summed E-state index contributed by atoms with van der Waals surface area (Å²) >= 11 is 12.0. The van der Waals surface area contributed by atoms with Gasteiger partial charge in [-0.1, -0.05) is 35.3 Å². The van der Waals surface area contributed by atoms with Crippen LogP contribution in [0.2, 0.25) is 10.0 Å². The minimum atomic E-state index is -0.0756. The van der Waals surface area contributed by atoms with Gasteiger partial charge in [0.25, 0.3) is 0 Å². The SMILES string of the molecule is COc1ccc(CCC(N)c2cc(Cl)cc(Cl)c2)cc1. The molecule has 2 aromatic rings. The standard InChI is InChI=1S/C16H17Cl2NO/c1-20-15-5-2-11(3-6-15)4-7-16(19)12-8-13(17)10-14(18)9-12/h2-3,5-6,8-10,16H,4,7,19H2,1H3. The average molecular weight is 310 g/mol. The van der Waals surface area contributed by atoms with E-state index in [4.69, 9.17) is 33.7 Å². The molecule has 2 nitrogen and oxygen atoms in total. The first kappa shape index (κ1) is 15.2. The van der Waals surface area contributed by atoms with Gasteiger partial charge < -0.3 is 10.5 Å². The molecule has 0 aliphatic carbocycles. The van der Waals surface area contributed by atoms with Crippen LogP contribution in [0.4, 0.5) is 0 Å². The van der Waals surface area contributed by atoms with E-state index in [9.17, 15) is 0 Å². The Hall–Kier alpha value is -1.22. The highest BCUT2D eigenvalue weighted by atomic mass is 35.5. The molecule has 0 heterocycles. The van der Waals surface area contributed by atoms with E-state index in [1.165, 1.54) is 5.56 Å². The number of ether oxygens (including phenoxy) is 1. The maximum absolute atomic E-state index is 6.19. The van der Waals surface area contributed by atoms with Crippen LogP contribution in [0, 0.1) is 0 Å². The topological polar surface area (TPSA) is 35.2 Å². The summed E-state index contributed by atoms with van der Waals surface area (Å²) in [7, 11) is 1.66. The number of hydrogen-bond acceptors (Lipinski definition) is 2. The fourth-order valence-corrected chi connectivity index (χ4v) is 2.61. The summed E-state index contributed by atoms with van der Waals surface area (Å²) in [4.78, 5) is 0. The maximum atomic E-state index is 6.19. The predicted octanol–water partition coefficient (Wildman–Crippen LogP) is 4.63. The number of aryl methyl sites for hydroxylation is 1. The fourth-order valence-electron chi connectivity index (χ4n) is 2.07. The lowest BCUT2D eigenvalue weighted by Crippen LogP contribution is -2.11. The third-order valence-corrected chi connectivity index (χ3v) is 3.65. The lowest BCUT2D eigenvalue weighted by Gasteiger charge is -2.13. The highest BCUT2D eigenvalue weighted by Gasteiger charge is 2.08. The van der Waals surface area contributed by atoms with Crippen LogP contribution in [0.25, 0.3) is 0 Å². The van der Waals surface area contributed by atoms with Crippen LogP contribution in [-0.4, -0.2) is 7.11 Å². The third kappa shape index (κ3) is 4.14. The Labute approximate surface area is 129 Å². The van der Waals surface area contributed by atoms with Crippen molar-refractivity contribution in [3.05, 3.63) is 63.6 Å². The molecule has 0 fully saturated rings. The molecule has 0 radical (unpaired) electrons. The lowest BCUT2D eigenvalue weighted by molar-refractivity contribution is 0.414. The van der Waals surface area contributed by atoms with Gasteiger partial charge in [-0.25, -0.2) is 0 Å². The fraction of sp³-hybridized carbons (Fsp3) is 0.250. The van der Waals surface area contributed by atoms with Gasteiger partial charge in [-0.15, -0.1) is 0 Å². The Kier molecular flexibility index (Phi) is 5.30. The zero-order chi connectivity index (χ0) is 14.5. The number of halogens is 2. The van der Waals surface area contributed by atoms with Gasteiger partial charge >= 0.3 is 0 Å². The highest BCUT2D eigenvalue weighted by molar-refractivity contribution is 6.34. The Balaban J connectivity index is 1.98. The first-order valence-electron chi connectivity index (χ1n) is 6.43. The van der Waals surface area contributed by atoms with Crippen molar-refractivity contribution in [3.63, 3.8) is 0 Å². The molecule has 0 bridgehead atoms. The van der Waals surface area contributed by atoms with Crippen molar-refractivity contribution < 1.29 is 4.74 Å². The van der Waals surface area contributed by atoms with Crippen LogP contribution >= 0.6 is 23.2 Å². The summed E-state index contributed by atoms with van der Waals surface area (Å²) in [5, 5.41) is 1.24. The van der Waals surface area contributed by atoms with Crippen LogP contribution in [0.5, 0.6) is 5.75 Å². The molecule has 1 atom stereocenters. The number of rotatable bonds is 5. The van der Waals surface area contributed by atoms with E-state index in [1.54, 1.807) is 13.2 Å². The van der Waals surface area contributed by atoms with Crippen LogP contribution in [0.3, 0.4) is 0 Å². The molecule has 2 rings (SSSR count). The maximum Gasteiger partial charge on any atom is 0.118 e. The summed E-state index contributed by atoms with van der Waals surface area (Å²) in [5.74, 6) is 0.861. The van der Waals surface area contributed by atoms with E-state index in [-0.39, 0.29) is 6.04 Å². The monoisotopic (exact) mass is 309 g/mol. The Bertz CT molecular complexity index is 549. The van der Waals surface area contributed by atoms with E-state index >= 15 is 0 Å². The quantitative estimate of drug-likeness (QED) is 0.873. The molecular weight excluding hydrogens is 293 g/mol. The van der Waals surface area contributed by atoms with Gasteiger partial charge in [0.2, 0.25) is 0 Å². The van der Waals surface area contributed by atoms with E-state index < -0.39 is 0 Å². The van der Waals surface area contributed by atoms with Gasteiger partial charge in [-0.2, -0.15) is 0 Å². The van der Waals surface area contributed by atoms with Crippen LogP contribution in [0.15, 0.2) is 42.5 Å². The summed E-state index contributed by atoms with van der Waals surface area (Å²) in [6.07, 6.45) is 1.73. The summed E-state index contributed by atoms with van der Waals surface area (Å²) < 4.78 is 5.14. The molecule has 0 saturated carbocycles. The average Bonchev–Trinajstić information content (AvgIpc) is 2.44. The Morgan fingerprint density at radius 3 is 2.20 bits per heavy atom. The van der Waals surface area contributed by atoms with Crippen molar-refractivity contribution in [1.29, 1.82) is 0 Å². The molecule has 0 amide bonds. The predicted molar refractivity (Wildman–Crippen MR) is 84.7 cm³/mol.